The Hall–Kier alpha value is -0.400. The third-order valence-corrected chi connectivity index (χ3v) is 4.72. The molecular weight excluding hydrogens is 265 g/mol. The Balaban J connectivity index is 2.29. The number of halogens is 2. The maximum atomic E-state index is 6.37. The van der Waals surface area contributed by atoms with Crippen LogP contribution in [-0.4, -0.2) is 13.1 Å². The quantitative estimate of drug-likeness (QED) is 0.699. The third-order valence-electron chi connectivity index (χ3n) is 4.13. The Kier molecular flexibility index (Phi) is 4.80. The Bertz CT molecular complexity index is 405. The largest absolute Gasteiger partial charge is 0.370 e. The summed E-state index contributed by atoms with van der Waals surface area (Å²) >= 11 is 12.4. The molecule has 1 fully saturated rings. The van der Waals surface area contributed by atoms with Crippen molar-refractivity contribution >= 4 is 28.9 Å². The first-order chi connectivity index (χ1) is 8.65. The summed E-state index contributed by atoms with van der Waals surface area (Å²) in [6, 6.07) is 6.58. The summed E-state index contributed by atoms with van der Waals surface area (Å²) in [5.74, 6) is 1.24. The van der Waals surface area contributed by atoms with Crippen LogP contribution in [0.1, 0.15) is 38.2 Å². The summed E-state index contributed by atoms with van der Waals surface area (Å²) in [6.07, 6.45) is 5.25. The average molecular weight is 286 g/mol. The van der Waals surface area contributed by atoms with E-state index in [1.807, 2.05) is 12.1 Å². The zero-order valence-corrected chi connectivity index (χ0v) is 12.6. The lowest BCUT2D eigenvalue weighted by atomic mass is 9.84. The molecule has 1 aromatic rings. The van der Waals surface area contributed by atoms with Gasteiger partial charge in [0, 0.05) is 19.0 Å². The van der Waals surface area contributed by atoms with E-state index in [2.05, 4.69) is 24.9 Å². The lowest BCUT2D eigenvalue weighted by molar-refractivity contribution is 0.321. The summed E-state index contributed by atoms with van der Waals surface area (Å²) in [4.78, 5) is 2.35. The van der Waals surface area contributed by atoms with Gasteiger partial charge in [0.1, 0.15) is 0 Å². The van der Waals surface area contributed by atoms with E-state index < -0.39 is 0 Å². The number of alkyl halides is 1. The summed E-state index contributed by atoms with van der Waals surface area (Å²) < 4.78 is 0. The van der Waals surface area contributed by atoms with Crippen molar-refractivity contribution in [2.75, 3.05) is 11.9 Å². The number of hydrogen-bond acceptors (Lipinski definition) is 1. The molecule has 1 saturated carbocycles. The highest BCUT2D eigenvalue weighted by Crippen LogP contribution is 2.36. The molecule has 18 heavy (non-hydrogen) atoms. The second-order valence-electron chi connectivity index (χ2n) is 5.32. The van der Waals surface area contributed by atoms with Crippen LogP contribution in [0.4, 0.5) is 5.69 Å². The molecule has 0 saturated heterocycles. The maximum Gasteiger partial charge on any atom is 0.0642 e. The Morgan fingerprint density at radius 3 is 2.67 bits per heavy atom. The molecule has 1 aromatic carbocycles. The Morgan fingerprint density at radius 1 is 1.28 bits per heavy atom. The number of anilines is 1. The van der Waals surface area contributed by atoms with Gasteiger partial charge in [0.2, 0.25) is 0 Å². The van der Waals surface area contributed by atoms with Crippen molar-refractivity contribution in [3.05, 3.63) is 28.8 Å². The lowest BCUT2D eigenvalue weighted by Crippen LogP contribution is -2.39. The predicted molar refractivity (Wildman–Crippen MR) is 80.8 cm³/mol. The molecule has 1 nitrogen and oxygen atoms in total. The highest BCUT2D eigenvalue weighted by atomic mass is 35.5. The van der Waals surface area contributed by atoms with Crippen molar-refractivity contribution in [1.82, 2.24) is 0 Å². The smallest absolute Gasteiger partial charge is 0.0642 e. The van der Waals surface area contributed by atoms with Crippen molar-refractivity contribution in [2.45, 2.75) is 44.5 Å². The monoisotopic (exact) mass is 285 g/mol. The minimum atomic E-state index is 0.515. The molecule has 2 unspecified atom stereocenters. The van der Waals surface area contributed by atoms with Gasteiger partial charge in [-0.15, -0.1) is 11.6 Å². The topological polar surface area (TPSA) is 3.24 Å². The standard InChI is InChI=1S/C15H21Cl2N/c1-11-6-3-4-9-14(11)18(2)15-12(10-16)7-5-8-13(15)17/h5,7-8,11,14H,3-4,6,9-10H2,1-2H3. The zero-order valence-electron chi connectivity index (χ0n) is 11.1. The van der Waals surface area contributed by atoms with Gasteiger partial charge in [0.25, 0.3) is 0 Å². The molecule has 0 aliphatic heterocycles. The second-order valence-corrected chi connectivity index (χ2v) is 6.00. The van der Waals surface area contributed by atoms with Gasteiger partial charge < -0.3 is 4.90 Å². The van der Waals surface area contributed by atoms with E-state index in [0.29, 0.717) is 11.9 Å². The molecule has 3 heteroatoms. The van der Waals surface area contributed by atoms with E-state index >= 15 is 0 Å². The van der Waals surface area contributed by atoms with E-state index in [0.717, 1.165) is 22.2 Å². The van der Waals surface area contributed by atoms with Crippen molar-refractivity contribution < 1.29 is 0 Å². The summed E-state index contributed by atoms with van der Waals surface area (Å²) in [6.45, 7) is 2.34. The lowest BCUT2D eigenvalue weighted by Gasteiger charge is -2.38. The van der Waals surface area contributed by atoms with Crippen molar-refractivity contribution in [2.24, 2.45) is 5.92 Å². The highest BCUT2D eigenvalue weighted by molar-refractivity contribution is 6.33. The number of benzene rings is 1. The van der Waals surface area contributed by atoms with Gasteiger partial charge in [-0.05, 0) is 30.4 Å². The van der Waals surface area contributed by atoms with Crippen LogP contribution in [0.15, 0.2) is 18.2 Å². The van der Waals surface area contributed by atoms with Gasteiger partial charge in [-0.3, -0.25) is 0 Å². The van der Waals surface area contributed by atoms with E-state index in [9.17, 15) is 0 Å². The molecule has 0 heterocycles. The Morgan fingerprint density at radius 2 is 2.00 bits per heavy atom. The number of hydrogen-bond donors (Lipinski definition) is 0. The molecule has 1 aliphatic carbocycles. The van der Waals surface area contributed by atoms with Crippen molar-refractivity contribution in [3.63, 3.8) is 0 Å². The predicted octanol–water partition coefficient (Wildman–Crippen LogP) is 5.09. The normalized spacial score (nSPS) is 24.0. The van der Waals surface area contributed by atoms with Crippen LogP contribution in [-0.2, 0) is 5.88 Å². The van der Waals surface area contributed by atoms with Crippen LogP contribution in [0.3, 0.4) is 0 Å². The van der Waals surface area contributed by atoms with Crippen LogP contribution in [0, 0.1) is 5.92 Å². The van der Waals surface area contributed by atoms with E-state index in [1.54, 1.807) is 0 Å². The summed E-state index contributed by atoms with van der Waals surface area (Å²) in [5.41, 5.74) is 2.25. The number of nitrogens with zero attached hydrogens (tertiary/aromatic N) is 1. The first-order valence-corrected chi connectivity index (χ1v) is 7.62. The van der Waals surface area contributed by atoms with Crippen molar-refractivity contribution in [3.8, 4) is 0 Å². The van der Waals surface area contributed by atoms with Gasteiger partial charge in [-0.25, -0.2) is 0 Å². The Labute approximate surface area is 120 Å². The van der Waals surface area contributed by atoms with Gasteiger partial charge in [-0.2, -0.15) is 0 Å². The minimum Gasteiger partial charge on any atom is -0.370 e. The van der Waals surface area contributed by atoms with Gasteiger partial charge in [0.05, 0.1) is 10.7 Å². The van der Waals surface area contributed by atoms with Crippen molar-refractivity contribution in [1.29, 1.82) is 0 Å². The fraction of sp³-hybridized carbons (Fsp3) is 0.600. The molecular formula is C15H21Cl2N. The summed E-state index contributed by atoms with van der Waals surface area (Å²) in [5, 5.41) is 0.813. The molecule has 0 amide bonds. The average Bonchev–Trinajstić information content (AvgIpc) is 2.38. The van der Waals surface area contributed by atoms with Crippen LogP contribution >= 0.6 is 23.2 Å². The minimum absolute atomic E-state index is 0.515. The highest BCUT2D eigenvalue weighted by Gasteiger charge is 2.27. The van der Waals surface area contributed by atoms with Gasteiger partial charge in [0.15, 0.2) is 0 Å². The molecule has 100 valence electrons. The molecule has 0 aromatic heterocycles. The maximum absolute atomic E-state index is 6.37. The molecule has 1 aliphatic rings. The first kappa shape index (κ1) is 14.0. The summed E-state index contributed by atoms with van der Waals surface area (Å²) in [7, 11) is 2.16. The third kappa shape index (κ3) is 2.78. The molecule has 2 rings (SSSR count). The van der Waals surface area contributed by atoms with Crippen LogP contribution < -0.4 is 4.90 Å². The number of para-hydroxylation sites is 1. The SMILES string of the molecule is CC1CCCCC1N(C)c1c(Cl)cccc1CCl. The fourth-order valence-corrected chi connectivity index (χ4v) is 3.64. The van der Waals surface area contributed by atoms with E-state index in [4.69, 9.17) is 23.2 Å². The molecule has 0 radical (unpaired) electrons. The van der Waals surface area contributed by atoms with Crippen LogP contribution in [0.2, 0.25) is 5.02 Å². The second kappa shape index (κ2) is 6.16. The number of rotatable bonds is 3. The fourth-order valence-electron chi connectivity index (χ4n) is 3.10. The van der Waals surface area contributed by atoms with E-state index in [1.165, 1.54) is 25.7 Å². The van der Waals surface area contributed by atoms with Crippen LogP contribution in [0.25, 0.3) is 0 Å². The molecule has 0 bridgehead atoms. The first-order valence-electron chi connectivity index (χ1n) is 6.71. The van der Waals surface area contributed by atoms with Gasteiger partial charge in [-0.1, -0.05) is 43.5 Å². The molecule has 2 atom stereocenters. The van der Waals surface area contributed by atoms with Crippen LogP contribution in [0.5, 0.6) is 0 Å². The molecule has 0 N–H and O–H groups in total. The van der Waals surface area contributed by atoms with E-state index in [-0.39, 0.29) is 0 Å². The van der Waals surface area contributed by atoms with Gasteiger partial charge >= 0.3 is 0 Å². The molecule has 0 spiro atoms. The zero-order chi connectivity index (χ0) is 13.1.